The Kier molecular flexibility index (Phi) is 2.94. The van der Waals surface area contributed by atoms with Crippen LogP contribution >= 0.6 is 0 Å². The number of nitrogens with zero attached hydrogens (tertiary/aromatic N) is 1. The highest BCUT2D eigenvalue weighted by Crippen LogP contribution is 2.26. The van der Waals surface area contributed by atoms with E-state index >= 15 is 0 Å². The highest BCUT2D eigenvalue weighted by Gasteiger charge is 2.39. The van der Waals surface area contributed by atoms with Crippen molar-refractivity contribution in [2.45, 2.75) is 32.2 Å². The van der Waals surface area contributed by atoms with E-state index in [1.54, 1.807) is 0 Å². The molecule has 1 saturated heterocycles. The van der Waals surface area contributed by atoms with Gasteiger partial charge < -0.3 is 4.98 Å². The predicted molar refractivity (Wildman–Crippen MR) is 77.3 cm³/mol. The first-order valence-corrected chi connectivity index (χ1v) is 6.92. The summed E-state index contributed by atoms with van der Waals surface area (Å²) in [5, 5.41) is 1.30. The van der Waals surface area contributed by atoms with Crippen LogP contribution in [0.4, 0.5) is 0 Å². The molecule has 2 aromatic rings. The molecule has 0 bridgehead atoms. The van der Waals surface area contributed by atoms with Crippen LogP contribution in [0, 0.1) is 0 Å². The summed E-state index contributed by atoms with van der Waals surface area (Å²) in [4.78, 5) is 17.4. The van der Waals surface area contributed by atoms with Crippen LogP contribution in [0.25, 0.3) is 10.9 Å². The number of fused-ring (bicyclic) bond motifs is 1. The van der Waals surface area contributed by atoms with Crippen LogP contribution in [0.3, 0.4) is 0 Å². The Balaban J connectivity index is 1.75. The van der Waals surface area contributed by atoms with Crippen LogP contribution in [0.1, 0.15) is 25.8 Å². The average Bonchev–Trinajstić information content (AvgIpc) is 2.91. The lowest BCUT2D eigenvalue weighted by Crippen LogP contribution is -2.43. The lowest BCUT2D eigenvalue weighted by atomic mass is 10.00. The number of rotatable bonds is 3. The van der Waals surface area contributed by atoms with Gasteiger partial charge in [-0.3, -0.25) is 9.69 Å². The standard InChI is InChI=1S/C16H20N2O/c1-16(2)15(19)8-10-18(16)9-7-12-11-17-14-6-4-3-5-13(12)14/h3-6,11,17H,7-10H2,1-2H3. The van der Waals surface area contributed by atoms with Gasteiger partial charge in [-0.15, -0.1) is 0 Å². The van der Waals surface area contributed by atoms with E-state index < -0.39 is 0 Å². The first-order chi connectivity index (χ1) is 9.09. The lowest BCUT2D eigenvalue weighted by Gasteiger charge is -2.29. The molecule has 3 heteroatoms. The second kappa shape index (κ2) is 4.49. The molecule has 1 fully saturated rings. The minimum atomic E-state index is -0.286. The molecule has 0 unspecified atom stereocenters. The van der Waals surface area contributed by atoms with Crippen LogP contribution in [-0.2, 0) is 11.2 Å². The smallest absolute Gasteiger partial charge is 0.153 e. The van der Waals surface area contributed by atoms with Gasteiger partial charge >= 0.3 is 0 Å². The number of likely N-dealkylation sites (tertiary alicyclic amines) is 1. The number of carbonyl (C=O) groups is 1. The first kappa shape index (κ1) is 12.4. The van der Waals surface area contributed by atoms with E-state index in [1.807, 2.05) is 19.9 Å². The number of para-hydroxylation sites is 1. The molecule has 0 amide bonds. The van der Waals surface area contributed by atoms with Gasteiger partial charge in [0.25, 0.3) is 0 Å². The number of aromatic nitrogens is 1. The molecule has 3 rings (SSSR count). The molecule has 0 aliphatic carbocycles. The van der Waals surface area contributed by atoms with E-state index in [1.165, 1.54) is 16.5 Å². The van der Waals surface area contributed by atoms with Gasteiger partial charge in [-0.1, -0.05) is 18.2 Å². The number of nitrogens with one attached hydrogen (secondary N) is 1. The molecule has 3 nitrogen and oxygen atoms in total. The number of hydrogen-bond acceptors (Lipinski definition) is 2. The van der Waals surface area contributed by atoms with Crippen molar-refractivity contribution in [2.75, 3.05) is 13.1 Å². The second-order valence-corrected chi connectivity index (χ2v) is 5.83. The molecule has 0 saturated carbocycles. The average molecular weight is 256 g/mol. The third-order valence-electron chi connectivity index (χ3n) is 4.41. The van der Waals surface area contributed by atoms with Crippen LogP contribution in [0.5, 0.6) is 0 Å². The molecule has 1 N–H and O–H groups in total. The van der Waals surface area contributed by atoms with Crippen LogP contribution in [-0.4, -0.2) is 34.3 Å². The van der Waals surface area contributed by atoms with E-state index in [9.17, 15) is 4.79 Å². The molecule has 2 heterocycles. The Morgan fingerprint density at radius 3 is 2.84 bits per heavy atom. The zero-order chi connectivity index (χ0) is 13.5. The summed E-state index contributed by atoms with van der Waals surface area (Å²) >= 11 is 0. The Hall–Kier alpha value is -1.61. The van der Waals surface area contributed by atoms with Gasteiger partial charge in [0, 0.05) is 36.6 Å². The Bertz CT molecular complexity index is 612. The molecular formula is C16H20N2O. The van der Waals surface area contributed by atoms with Gasteiger partial charge in [0.2, 0.25) is 0 Å². The summed E-state index contributed by atoms with van der Waals surface area (Å²) in [7, 11) is 0. The lowest BCUT2D eigenvalue weighted by molar-refractivity contribution is -0.123. The summed E-state index contributed by atoms with van der Waals surface area (Å²) in [6, 6.07) is 8.37. The van der Waals surface area contributed by atoms with E-state index in [-0.39, 0.29) is 5.54 Å². The molecular weight excluding hydrogens is 236 g/mol. The van der Waals surface area contributed by atoms with Crippen molar-refractivity contribution in [2.24, 2.45) is 0 Å². The third-order valence-corrected chi connectivity index (χ3v) is 4.41. The first-order valence-electron chi connectivity index (χ1n) is 6.92. The Morgan fingerprint density at radius 2 is 2.11 bits per heavy atom. The maximum absolute atomic E-state index is 11.8. The second-order valence-electron chi connectivity index (χ2n) is 5.83. The van der Waals surface area contributed by atoms with Crippen LogP contribution in [0.15, 0.2) is 30.5 Å². The van der Waals surface area contributed by atoms with Gasteiger partial charge in [0.1, 0.15) is 0 Å². The number of hydrogen-bond donors (Lipinski definition) is 1. The number of H-pyrrole nitrogens is 1. The minimum absolute atomic E-state index is 0.286. The van der Waals surface area contributed by atoms with E-state index in [4.69, 9.17) is 0 Å². The van der Waals surface area contributed by atoms with Gasteiger partial charge in [-0.2, -0.15) is 0 Å². The van der Waals surface area contributed by atoms with Crippen LogP contribution < -0.4 is 0 Å². The Morgan fingerprint density at radius 1 is 1.32 bits per heavy atom. The fourth-order valence-corrected chi connectivity index (χ4v) is 2.98. The summed E-state index contributed by atoms with van der Waals surface area (Å²) in [6.45, 7) is 5.92. The summed E-state index contributed by atoms with van der Waals surface area (Å²) in [6.07, 6.45) is 3.77. The summed E-state index contributed by atoms with van der Waals surface area (Å²) < 4.78 is 0. The normalized spacial score (nSPS) is 19.4. The van der Waals surface area contributed by atoms with Crippen molar-refractivity contribution < 1.29 is 4.79 Å². The predicted octanol–water partition coefficient (Wildman–Crippen LogP) is 2.76. The quantitative estimate of drug-likeness (QED) is 0.916. The van der Waals surface area contributed by atoms with Crippen molar-refractivity contribution in [1.29, 1.82) is 0 Å². The van der Waals surface area contributed by atoms with Crippen molar-refractivity contribution in [3.63, 3.8) is 0 Å². The fraction of sp³-hybridized carbons (Fsp3) is 0.438. The maximum Gasteiger partial charge on any atom is 0.153 e. The van der Waals surface area contributed by atoms with E-state index in [0.717, 1.165) is 19.5 Å². The minimum Gasteiger partial charge on any atom is -0.361 e. The van der Waals surface area contributed by atoms with Crippen LogP contribution in [0.2, 0.25) is 0 Å². The number of ketones is 1. The molecule has 1 aliphatic rings. The summed E-state index contributed by atoms with van der Waals surface area (Å²) in [5.74, 6) is 0.367. The highest BCUT2D eigenvalue weighted by atomic mass is 16.1. The van der Waals surface area contributed by atoms with Gasteiger partial charge in [-0.05, 0) is 31.9 Å². The molecule has 1 aliphatic heterocycles. The number of carbonyl (C=O) groups excluding carboxylic acids is 1. The molecule has 1 aromatic carbocycles. The van der Waals surface area contributed by atoms with Crippen molar-refractivity contribution >= 4 is 16.7 Å². The topological polar surface area (TPSA) is 36.1 Å². The monoisotopic (exact) mass is 256 g/mol. The Labute approximate surface area is 113 Å². The SMILES string of the molecule is CC1(C)C(=O)CCN1CCc1c[nH]c2ccccc12. The zero-order valence-electron chi connectivity index (χ0n) is 11.6. The number of Topliss-reactive ketones (excluding diaryl/α,β-unsaturated/α-hetero) is 1. The summed E-state index contributed by atoms with van der Waals surface area (Å²) in [5.41, 5.74) is 2.24. The highest BCUT2D eigenvalue weighted by molar-refractivity contribution is 5.89. The largest absolute Gasteiger partial charge is 0.361 e. The molecule has 1 aromatic heterocycles. The molecule has 0 atom stereocenters. The van der Waals surface area contributed by atoms with Crippen molar-refractivity contribution in [3.8, 4) is 0 Å². The zero-order valence-corrected chi connectivity index (χ0v) is 11.6. The third kappa shape index (κ3) is 2.08. The molecule has 100 valence electrons. The van der Waals surface area contributed by atoms with Crippen molar-refractivity contribution in [3.05, 3.63) is 36.0 Å². The van der Waals surface area contributed by atoms with Gasteiger partial charge in [0.05, 0.1) is 5.54 Å². The maximum atomic E-state index is 11.8. The number of benzene rings is 1. The van der Waals surface area contributed by atoms with Crippen molar-refractivity contribution in [1.82, 2.24) is 9.88 Å². The molecule has 0 spiro atoms. The van der Waals surface area contributed by atoms with E-state index in [0.29, 0.717) is 12.2 Å². The molecule has 19 heavy (non-hydrogen) atoms. The number of aromatic amines is 1. The van der Waals surface area contributed by atoms with Gasteiger partial charge in [0.15, 0.2) is 5.78 Å². The fourth-order valence-electron chi connectivity index (χ4n) is 2.98. The van der Waals surface area contributed by atoms with E-state index in [2.05, 4.69) is 34.3 Å². The van der Waals surface area contributed by atoms with Gasteiger partial charge in [-0.25, -0.2) is 0 Å². The molecule has 0 radical (unpaired) electrons.